The third kappa shape index (κ3) is 3.20. The normalized spacial score (nSPS) is 18.8. The molecule has 2 aliphatic heterocycles. The summed E-state index contributed by atoms with van der Waals surface area (Å²) in [6, 6.07) is 0. The molecule has 1 aromatic heterocycles. The highest BCUT2D eigenvalue weighted by atomic mass is 32.2. The van der Waals surface area contributed by atoms with E-state index < -0.39 is 0 Å². The molecule has 0 atom stereocenters. The van der Waals surface area contributed by atoms with Crippen LogP contribution < -0.4 is 9.80 Å². The largest absolute Gasteiger partial charge is 0.378 e. The second-order valence-corrected chi connectivity index (χ2v) is 6.64. The van der Waals surface area contributed by atoms with Gasteiger partial charge in [-0.3, -0.25) is 4.79 Å². The topological polar surface area (TPSA) is 58.6 Å². The van der Waals surface area contributed by atoms with E-state index in [0.29, 0.717) is 18.8 Å². The van der Waals surface area contributed by atoms with E-state index >= 15 is 0 Å². The first kappa shape index (κ1) is 15.6. The molecule has 0 aliphatic carbocycles. The molecule has 0 aromatic carbocycles. The Kier molecular flexibility index (Phi) is 5.15. The summed E-state index contributed by atoms with van der Waals surface area (Å²) in [5.74, 6) is 2.49. The molecule has 0 saturated carbocycles. The Hall–Kier alpha value is -1.34. The zero-order valence-electron chi connectivity index (χ0n) is 13.0. The predicted octanol–water partition coefficient (Wildman–Crippen LogP) is 1.84. The molecule has 0 unspecified atom stereocenters. The van der Waals surface area contributed by atoms with Crippen molar-refractivity contribution < 1.29 is 9.53 Å². The van der Waals surface area contributed by atoms with Crippen molar-refractivity contribution in [2.45, 2.75) is 24.9 Å². The molecule has 22 heavy (non-hydrogen) atoms. The van der Waals surface area contributed by atoms with Crippen molar-refractivity contribution in [3.8, 4) is 0 Å². The maximum Gasteiger partial charge on any atom is 0.191 e. The first-order chi connectivity index (χ1) is 10.8. The number of nitrogens with zero attached hydrogens (tertiary/aromatic N) is 4. The van der Waals surface area contributed by atoms with E-state index in [1.807, 2.05) is 0 Å². The molecule has 2 aliphatic rings. The quantitative estimate of drug-likeness (QED) is 0.466. The zero-order valence-corrected chi connectivity index (χ0v) is 13.8. The Morgan fingerprint density at radius 2 is 1.68 bits per heavy atom. The SMILES string of the molecule is CCSc1nc(N2CCCC2)c(C=O)c(N2CCOCC2)n1. The van der Waals surface area contributed by atoms with Crippen LogP contribution in [0.25, 0.3) is 0 Å². The van der Waals surface area contributed by atoms with Crippen LogP contribution in [0.4, 0.5) is 11.6 Å². The van der Waals surface area contributed by atoms with Gasteiger partial charge in [-0.2, -0.15) is 0 Å². The molecule has 3 heterocycles. The average Bonchev–Trinajstić information content (AvgIpc) is 3.09. The van der Waals surface area contributed by atoms with Crippen LogP contribution >= 0.6 is 11.8 Å². The van der Waals surface area contributed by atoms with Gasteiger partial charge >= 0.3 is 0 Å². The predicted molar refractivity (Wildman–Crippen MR) is 88.3 cm³/mol. The Bertz CT molecular complexity index is 529. The number of anilines is 2. The minimum absolute atomic E-state index is 0.629. The van der Waals surface area contributed by atoms with Gasteiger partial charge in [0.2, 0.25) is 0 Å². The fraction of sp³-hybridized carbons (Fsp3) is 0.667. The van der Waals surface area contributed by atoms with Crippen LogP contribution in [0.2, 0.25) is 0 Å². The van der Waals surface area contributed by atoms with E-state index in [1.165, 1.54) is 0 Å². The van der Waals surface area contributed by atoms with Crippen LogP contribution in [0.15, 0.2) is 5.16 Å². The summed E-state index contributed by atoms with van der Waals surface area (Å²) >= 11 is 1.62. The number of aldehydes is 1. The lowest BCUT2D eigenvalue weighted by molar-refractivity contribution is 0.111. The van der Waals surface area contributed by atoms with E-state index in [-0.39, 0.29) is 0 Å². The number of hydrogen-bond acceptors (Lipinski definition) is 7. The summed E-state index contributed by atoms with van der Waals surface area (Å²) in [5, 5.41) is 0.761. The van der Waals surface area contributed by atoms with Gasteiger partial charge in [0.25, 0.3) is 0 Å². The third-order valence-electron chi connectivity index (χ3n) is 3.99. The van der Waals surface area contributed by atoms with Crippen molar-refractivity contribution in [3.05, 3.63) is 5.56 Å². The Balaban J connectivity index is 2.02. The van der Waals surface area contributed by atoms with Gasteiger partial charge in [0.15, 0.2) is 11.4 Å². The smallest absolute Gasteiger partial charge is 0.191 e. The van der Waals surface area contributed by atoms with Gasteiger partial charge in [-0.15, -0.1) is 0 Å². The molecule has 120 valence electrons. The highest BCUT2D eigenvalue weighted by Gasteiger charge is 2.25. The summed E-state index contributed by atoms with van der Waals surface area (Å²) < 4.78 is 5.41. The molecule has 2 fully saturated rings. The minimum Gasteiger partial charge on any atom is -0.378 e. The standard InChI is InChI=1S/C15H22N4O2S/c1-2-22-15-16-13(18-5-3-4-6-18)12(11-20)14(17-15)19-7-9-21-10-8-19/h11H,2-10H2,1H3. The Morgan fingerprint density at radius 1 is 1.09 bits per heavy atom. The summed E-state index contributed by atoms with van der Waals surface area (Å²) in [6.07, 6.45) is 3.23. The molecular formula is C15H22N4O2S. The lowest BCUT2D eigenvalue weighted by Crippen LogP contribution is -2.38. The van der Waals surface area contributed by atoms with Gasteiger partial charge < -0.3 is 14.5 Å². The molecule has 1 aromatic rings. The molecule has 2 saturated heterocycles. The third-order valence-corrected chi connectivity index (χ3v) is 4.72. The van der Waals surface area contributed by atoms with Crippen molar-refractivity contribution in [1.82, 2.24) is 9.97 Å². The average molecular weight is 322 g/mol. The highest BCUT2D eigenvalue weighted by Crippen LogP contribution is 2.31. The van der Waals surface area contributed by atoms with Crippen LogP contribution in [-0.2, 0) is 4.74 Å². The number of aromatic nitrogens is 2. The molecule has 7 heteroatoms. The van der Waals surface area contributed by atoms with Gasteiger partial charge in [-0.1, -0.05) is 18.7 Å². The van der Waals surface area contributed by atoms with Crippen LogP contribution in [-0.4, -0.2) is 61.4 Å². The lowest BCUT2D eigenvalue weighted by atomic mass is 10.2. The van der Waals surface area contributed by atoms with Gasteiger partial charge in [-0.05, 0) is 18.6 Å². The fourth-order valence-electron chi connectivity index (χ4n) is 2.91. The number of ether oxygens (including phenoxy) is 1. The fourth-order valence-corrected chi connectivity index (χ4v) is 3.47. The van der Waals surface area contributed by atoms with E-state index in [9.17, 15) is 4.79 Å². The van der Waals surface area contributed by atoms with Crippen molar-refractivity contribution in [1.29, 1.82) is 0 Å². The van der Waals surface area contributed by atoms with Gasteiger partial charge in [0.05, 0.1) is 18.8 Å². The number of carbonyl (C=O) groups excluding carboxylic acids is 1. The van der Waals surface area contributed by atoms with Gasteiger partial charge in [-0.25, -0.2) is 9.97 Å². The van der Waals surface area contributed by atoms with Gasteiger partial charge in [0, 0.05) is 26.2 Å². The second-order valence-electron chi connectivity index (χ2n) is 5.41. The summed E-state index contributed by atoms with van der Waals surface area (Å²) in [5.41, 5.74) is 0.629. The minimum atomic E-state index is 0.629. The number of rotatable bonds is 5. The highest BCUT2D eigenvalue weighted by molar-refractivity contribution is 7.99. The van der Waals surface area contributed by atoms with Crippen LogP contribution in [0.3, 0.4) is 0 Å². The lowest BCUT2D eigenvalue weighted by Gasteiger charge is -2.30. The molecule has 3 rings (SSSR count). The number of morpholine rings is 1. The maximum absolute atomic E-state index is 11.7. The number of carbonyl (C=O) groups is 1. The summed E-state index contributed by atoms with van der Waals surface area (Å²) in [4.78, 5) is 25.4. The van der Waals surface area contributed by atoms with Crippen molar-refractivity contribution in [2.75, 3.05) is 54.9 Å². The van der Waals surface area contributed by atoms with Crippen molar-refractivity contribution in [2.24, 2.45) is 0 Å². The maximum atomic E-state index is 11.7. The van der Waals surface area contributed by atoms with Crippen molar-refractivity contribution in [3.63, 3.8) is 0 Å². The van der Waals surface area contributed by atoms with Crippen LogP contribution in [0, 0.1) is 0 Å². The molecule has 6 nitrogen and oxygen atoms in total. The number of hydrogen-bond donors (Lipinski definition) is 0. The molecule has 0 radical (unpaired) electrons. The molecule has 0 spiro atoms. The second kappa shape index (κ2) is 7.28. The van der Waals surface area contributed by atoms with E-state index in [4.69, 9.17) is 4.74 Å². The van der Waals surface area contributed by atoms with Crippen molar-refractivity contribution >= 4 is 29.7 Å². The first-order valence-electron chi connectivity index (χ1n) is 7.91. The molecular weight excluding hydrogens is 300 g/mol. The van der Waals surface area contributed by atoms with E-state index in [0.717, 1.165) is 67.9 Å². The Labute approximate surface area is 135 Å². The van der Waals surface area contributed by atoms with Gasteiger partial charge in [0.1, 0.15) is 11.6 Å². The zero-order chi connectivity index (χ0) is 15.4. The van der Waals surface area contributed by atoms with Crippen LogP contribution in [0.5, 0.6) is 0 Å². The van der Waals surface area contributed by atoms with Crippen LogP contribution in [0.1, 0.15) is 30.1 Å². The van der Waals surface area contributed by atoms with E-state index in [2.05, 4.69) is 26.7 Å². The molecule has 0 bridgehead atoms. The monoisotopic (exact) mass is 322 g/mol. The Morgan fingerprint density at radius 3 is 2.23 bits per heavy atom. The first-order valence-corrected chi connectivity index (χ1v) is 8.89. The summed E-state index contributed by atoms with van der Waals surface area (Å²) in [7, 11) is 0. The molecule has 0 amide bonds. The summed E-state index contributed by atoms with van der Waals surface area (Å²) in [6.45, 7) is 6.93. The number of thioether (sulfide) groups is 1. The van der Waals surface area contributed by atoms with E-state index in [1.54, 1.807) is 11.8 Å². The molecule has 0 N–H and O–H groups in total.